The Hall–Kier alpha value is -4.10. The van der Waals surface area contributed by atoms with Crippen LogP contribution in [0.1, 0.15) is 187 Å². The summed E-state index contributed by atoms with van der Waals surface area (Å²) < 4.78 is 122. The molecule has 2 rings (SSSR count). The molecule has 83 heavy (non-hydrogen) atoms. The zero-order valence-electron chi connectivity index (χ0n) is 53.5. The van der Waals surface area contributed by atoms with Crippen LogP contribution in [0, 0.1) is 0 Å². The molecule has 0 spiro atoms. The molecule has 0 aromatic heterocycles. The molecule has 0 bridgehead atoms. The van der Waals surface area contributed by atoms with E-state index in [1.165, 1.54) is 0 Å². The smallest absolute Gasteiger partial charge is 0.335 e. The summed E-state index contributed by atoms with van der Waals surface area (Å²) in [7, 11) is 0. The van der Waals surface area contributed by atoms with Gasteiger partial charge in [-0.25, -0.2) is 9.59 Å². The average molecular weight is 1180 g/mol. The summed E-state index contributed by atoms with van der Waals surface area (Å²) in [5, 5.41) is 0. The van der Waals surface area contributed by atoms with Crippen molar-refractivity contribution < 1.29 is 94.9 Å². The molecule has 0 aliphatic rings. The van der Waals surface area contributed by atoms with E-state index in [1.807, 2.05) is 96.9 Å². The molecule has 476 valence electrons. The third-order valence-corrected chi connectivity index (χ3v) is 12.4. The Morgan fingerprint density at radius 3 is 1.18 bits per heavy atom. The maximum Gasteiger partial charge on any atom is 0.335 e. The van der Waals surface area contributed by atoms with Gasteiger partial charge in [0.25, 0.3) is 11.9 Å². The highest BCUT2D eigenvalue weighted by molar-refractivity contribution is 5.87. The first kappa shape index (κ1) is 75.0. The Kier molecular flexibility index (Phi) is 34.5. The lowest BCUT2D eigenvalue weighted by atomic mass is 9.77. The molecule has 2 aromatic carbocycles. The monoisotopic (exact) mass is 1180 g/mol. The van der Waals surface area contributed by atoms with Crippen LogP contribution < -0.4 is 9.47 Å². The number of rotatable bonds is 48. The normalized spacial score (nSPS) is 16.5. The second-order valence-corrected chi connectivity index (χ2v) is 19.1. The van der Waals surface area contributed by atoms with Crippen LogP contribution in [0.15, 0.2) is 72.8 Å². The number of ether oxygens (including phenoxy) is 18. The van der Waals surface area contributed by atoms with Crippen LogP contribution in [0.5, 0.6) is 11.5 Å². The van der Waals surface area contributed by atoms with Gasteiger partial charge in [0.05, 0.1) is 13.2 Å². The van der Waals surface area contributed by atoms with E-state index in [1.54, 1.807) is 76.2 Å². The van der Waals surface area contributed by atoms with Gasteiger partial charge in [0.15, 0.2) is 12.6 Å². The van der Waals surface area contributed by atoms with E-state index in [2.05, 4.69) is 13.2 Å². The fraction of sp³-hybridized carbons (Fsp3) is 0.714. The number of hydrogen-bond donors (Lipinski definition) is 0. The van der Waals surface area contributed by atoms with Crippen LogP contribution >= 0.6 is 0 Å². The van der Waals surface area contributed by atoms with E-state index in [0.717, 1.165) is 0 Å². The van der Waals surface area contributed by atoms with Crippen molar-refractivity contribution in [1.82, 2.24) is 0 Å². The number of hydrogen-bond acceptors (Lipinski definition) is 20. The summed E-state index contributed by atoms with van der Waals surface area (Å²) in [5.74, 6) is -9.55. The third kappa shape index (κ3) is 21.1. The van der Waals surface area contributed by atoms with E-state index >= 15 is 0 Å². The lowest BCUT2D eigenvalue weighted by Crippen LogP contribution is -2.75. The fourth-order valence-corrected chi connectivity index (χ4v) is 8.65. The van der Waals surface area contributed by atoms with Crippen molar-refractivity contribution in [2.45, 2.75) is 243 Å². The first-order valence-corrected chi connectivity index (χ1v) is 30.1. The quantitative estimate of drug-likeness (QED) is 0.0344. The van der Waals surface area contributed by atoms with Crippen molar-refractivity contribution in [2.24, 2.45) is 0 Å². The van der Waals surface area contributed by atoms with Gasteiger partial charge in [0, 0.05) is 82.0 Å². The lowest BCUT2D eigenvalue weighted by molar-refractivity contribution is -0.604. The van der Waals surface area contributed by atoms with Crippen LogP contribution in [0.4, 0.5) is 0 Å². The van der Waals surface area contributed by atoms with Crippen molar-refractivity contribution in [2.75, 3.05) is 52.9 Å². The minimum absolute atomic E-state index is 0.00801. The summed E-state index contributed by atoms with van der Waals surface area (Å²) in [6, 6.07) is 13.9. The molecule has 9 unspecified atom stereocenters. The second-order valence-electron chi connectivity index (χ2n) is 19.1. The van der Waals surface area contributed by atoms with E-state index in [9.17, 15) is 9.59 Å². The maximum atomic E-state index is 12.5. The molecule has 0 amide bonds. The van der Waals surface area contributed by atoms with Crippen LogP contribution in [0.25, 0.3) is 0 Å². The summed E-state index contributed by atoms with van der Waals surface area (Å²) in [5.41, 5.74) is -1.57. The van der Waals surface area contributed by atoms with Crippen molar-refractivity contribution in [3.05, 3.63) is 84.0 Å². The van der Waals surface area contributed by atoms with Gasteiger partial charge in [-0.2, -0.15) is 0 Å². The van der Waals surface area contributed by atoms with Crippen LogP contribution in [-0.2, 0) is 96.8 Å². The molecular weight excluding hydrogens is 1080 g/mol. The topological polar surface area (TPSA) is 200 Å². The first-order chi connectivity index (χ1) is 39.6. The zero-order chi connectivity index (χ0) is 62.3. The van der Waals surface area contributed by atoms with Gasteiger partial charge in [-0.1, -0.05) is 80.7 Å². The van der Waals surface area contributed by atoms with Gasteiger partial charge in [0.2, 0.25) is 36.5 Å². The molecule has 0 heterocycles. The van der Waals surface area contributed by atoms with E-state index in [4.69, 9.17) is 85.3 Å². The number of benzene rings is 2. The predicted molar refractivity (Wildman–Crippen MR) is 312 cm³/mol. The highest BCUT2D eigenvalue weighted by atomic mass is 17.0. The maximum absolute atomic E-state index is 12.5. The molecule has 2 aromatic rings. The van der Waals surface area contributed by atoms with Gasteiger partial charge in [-0.05, 0) is 137 Å². The van der Waals surface area contributed by atoms with Gasteiger partial charge >= 0.3 is 17.9 Å². The highest BCUT2D eigenvalue weighted by Crippen LogP contribution is 2.60. The van der Waals surface area contributed by atoms with E-state index in [-0.39, 0.29) is 95.2 Å². The molecule has 0 aliphatic heterocycles. The van der Waals surface area contributed by atoms with Crippen molar-refractivity contribution >= 4 is 11.9 Å². The SMILES string of the molecule is C=C(C)C(=O)OC(C)OC(CC)Oc1ccc(C(OCCC)(OC(CC)OCC)C(OC(CC)(OCC)OCC)(c2ccc(OC(CC)OC(C)OC(=O)C(=C)C)cc2)C(OCCC)(OC(CC)OCC)OC(CC)(OCC)OCC)cc1. The van der Waals surface area contributed by atoms with Crippen LogP contribution in [0.3, 0.4) is 0 Å². The molecule has 0 saturated heterocycles. The Morgan fingerprint density at radius 1 is 0.458 bits per heavy atom. The van der Waals surface area contributed by atoms with Gasteiger partial charge in [0.1, 0.15) is 11.5 Å². The Balaban J connectivity index is 3.73. The summed E-state index contributed by atoms with van der Waals surface area (Å²) in [6.45, 7) is 40.7. The number of esters is 2. The molecule has 0 aliphatic carbocycles. The lowest BCUT2D eigenvalue weighted by Gasteiger charge is -2.60. The molecule has 0 saturated carbocycles. The minimum atomic E-state index is -2.69. The summed E-state index contributed by atoms with van der Waals surface area (Å²) in [6.07, 6.45) is -3.62. The van der Waals surface area contributed by atoms with Crippen molar-refractivity contribution in [3.63, 3.8) is 0 Å². The molecule has 0 N–H and O–H groups in total. The summed E-state index contributed by atoms with van der Waals surface area (Å²) in [4.78, 5) is 25.0. The Morgan fingerprint density at radius 2 is 0.831 bits per heavy atom. The number of carbonyl (C=O) groups is 2. The van der Waals surface area contributed by atoms with Crippen LogP contribution in [0.2, 0.25) is 0 Å². The third-order valence-electron chi connectivity index (χ3n) is 12.4. The molecule has 0 fully saturated rings. The zero-order valence-corrected chi connectivity index (χ0v) is 53.5. The highest BCUT2D eigenvalue weighted by Gasteiger charge is 2.77. The van der Waals surface area contributed by atoms with Crippen LogP contribution in [-0.4, -0.2) is 120 Å². The Labute approximate surface area is 496 Å². The molecule has 9 atom stereocenters. The minimum Gasteiger partial charge on any atom is -0.465 e. The van der Waals surface area contributed by atoms with Crippen molar-refractivity contribution in [1.29, 1.82) is 0 Å². The fourth-order valence-electron chi connectivity index (χ4n) is 8.65. The summed E-state index contributed by atoms with van der Waals surface area (Å²) >= 11 is 0. The van der Waals surface area contributed by atoms with Gasteiger partial charge in [-0.15, -0.1) is 0 Å². The molecular formula is C63H104O20. The molecule has 0 radical (unpaired) electrons. The Bertz CT molecular complexity index is 2130. The van der Waals surface area contributed by atoms with Gasteiger partial charge in [-0.3, -0.25) is 9.47 Å². The first-order valence-electron chi connectivity index (χ1n) is 30.1. The second kappa shape index (κ2) is 38.1. The van der Waals surface area contributed by atoms with E-state index in [0.29, 0.717) is 42.7 Å². The standard InChI is InChI=1S/C63H104O20/c1-21-43-72-62(80-53(23-3)66-29-9,50-37-41-52(42-38-50)79-56(26-6)75-48(20)77-58(65)46(17)18)61(82-59(27-7,68-31-11)69-32-12,49-35-39-51(40-36-49)78-55(25-5)74-47(19)76-57(64)45(15)16)63(73-44-22-2,81-54(24-4)67-30-10)83-60(28-8,70-33-13)71-34-14/h35-42,47-48,53-56H,15,17,21-34,43-44H2,1-14,16,18-20H3. The van der Waals surface area contributed by atoms with E-state index < -0.39 is 79.0 Å². The van der Waals surface area contributed by atoms with Gasteiger partial charge < -0.3 is 75.8 Å². The molecule has 20 heteroatoms. The molecule has 20 nitrogen and oxygen atoms in total. The van der Waals surface area contributed by atoms with Crippen molar-refractivity contribution in [3.8, 4) is 11.5 Å². The number of carbonyl (C=O) groups excluding carboxylic acids is 2. The largest absolute Gasteiger partial charge is 0.465 e. The average Bonchev–Trinajstić information content (AvgIpc) is 1.21. The predicted octanol–water partition coefficient (Wildman–Crippen LogP) is 13.3.